The lowest BCUT2D eigenvalue weighted by molar-refractivity contribution is -0.137. The Kier molecular flexibility index (Phi) is 4.94. The molecule has 0 aliphatic heterocycles. The molecule has 1 radical (unpaired) electrons. The molecule has 0 fully saturated rings. The van der Waals surface area contributed by atoms with Gasteiger partial charge in [-0.05, 0) is 19.3 Å². The smallest absolute Gasteiger partial charge is 0.303 e. The molecule has 1 unspecified atom stereocenters. The monoisotopic (exact) mass is 145 g/mol. The first-order valence-corrected chi connectivity index (χ1v) is 3.36. The van der Waals surface area contributed by atoms with Gasteiger partial charge in [0.2, 0.25) is 0 Å². The lowest BCUT2D eigenvalue weighted by Crippen LogP contribution is -2.05. The van der Waals surface area contributed by atoms with Crippen LogP contribution in [-0.4, -0.2) is 22.3 Å². The average Bonchev–Trinajstić information content (AvgIpc) is 1.87. The molecule has 0 saturated carbocycles. The third kappa shape index (κ3) is 5.56. The molecule has 0 spiro atoms. The third-order valence-electron chi connectivity index (χ3n) is 1.26. The van der Waals surface area contributed by atoms with E-state index in [1.807, 2.05) is 0 Å². The summed E-state index contributed by atoms with van der Waals surface area (Å²) in [5.74, 6) is -0.809. The van der Waals surface area contributed by atoms with E-state index in [0.29, 0.717) is 19.3 Å². The van der Waals surface area contributed by atoms with Gasteiger partial charge in [-0.15, -0.1) is 0 Å². The Morgan fingerprint density at radius 2 is 2.20 bits per heavy atom. The van der Waals surface area contributed by atoms with Gasteiger partial charge in [0.1, 0.15) is 0 Å². The van der Waals surface area contributed by atoms with Crippen molar-refractivity contribution in [3.63, 3.8) is 0 Å². The zero-order valence-corrected chi connectivity index (χ0v) is 5.92. The normalized spacial score (nSPS) is 13.0. The Bertz CT molecular complexity index is 101. The maximum Gasteiger partial charge on any atom is 0.303 e. The minimum absolute atomic E-state index is 0.136. The van der Waals surface area contributed by atoms with E-state index in [2.05, 4.69) is 6.92 Å². The molecule has 0 aromatic rings. The second-order valence-corrected chi connectivity index (χ2v) is 2.23. The lowest BCUT2D eigenvalue weighted by Gasteiger charge is -2.04. The van der Waals surface area contributed by atoms with Gasteiger partial charge >= 0.3 is 5.97 Å². The van der Waals surface area contributed by atoms with Crippen LogP contribution in [0.3, 0.4) is 0 Å². The number of carbonyl (C=O) groups is 1. The Morgan fingerprint density at radius 3 is 2.60 bits per heavy atom. The molecular weight excluding hydrogens is 132 g/mol. The van der Waals surface area contributed by atoms with Crippen LogP contribution in [0.2, 0.25) is 0 Å². The van der Waals surface area contributed by atoms with Crippen LogP contribution in [0.15, 0.2) is 0 Å². The molecule has 0 aromatic carbocycles. The summed E-state index contributed by atoms with van der Waals surface area (Å²) in [6, 6.07) is 0. The van der Waals surface area contributed by atoms with Gasteiger partial charge in [0.05, 0.1) is 6.10 Å². The van der Waals surface area contributed by atoms with Gasteiger partial charge in [-0.25, -0.2) is 0 Å². The first kappa shape index (κ1) is 9.43. The van der Waals surface area contributed by atoms with E-state index < -0.39 is 12.1 Å². The van der Waals surface area contributed by atoms with Crippen LogP contribution < -0.4 is 0 Å². The van der Waals surface area contributed by atoms with Crippen LogP contribution in [0.4, 0.5) is 0 Å². The van der Waals surface area contributed by atoms with Crippen molar-refractivity contribution < 1.29 is 15.0 Å². The van der Waals surface area contributed by atoms with E-state index in [1.165, 1.54) is 0 Å². The van der Waals surface area contributed by atoms with Crippen molar-refractivity contribution in [1.29, 1.82) is 0 Å². The van der Waals surface area contributed by atoms with Gasteiger partial charge in [0.25, 0.3) is 0 Å². The fraction of sp³-hybridized carbons (Fsp3) is 0.714. The number of aliphatic carboxylic acids is 1. The highest BCUT2D eigenvalue weighted by atomic mass is 16.4. The molecule has 0 bridgehead atoms. The molecule has 0 rings (SSSR count). The Morgan fingerprint density at radius 1 is 1.60 bits per heavy atom. The number of carboxylic acids is 1. The highest BCUT2D eigenvalue weighted by Gasteiger charge is 2.01. The van der Waals surface area contributed by atoms with Crippen molar-refractivity contribution in [2.24, 2.45) is 0 Å². The van der Waals surface area contributed by atoms with Crippen molar-refractivity contribution in [1.82, 2.24) is 0 Å². The van der Waals surface area contributed by atoms with Crippen LogP contribution in [-0.2, 0) is 4.79 Å². The van der Waals surface area contributed by atoms with Crippen molar-refractivity contribution in [3.8, 4) is 0 Å². The molecule has 0 aliphatic rings. The van der Waals surface area contributed by atoms with Gasteiger partial charge in [0, 0.05) is 6.42 Å². The third-order valence-corrected chi connectivity index (χ3v) is 1.26. The second-order valence-electron chi connectivity index (χ2n) is 2.23. The highest BCUT2D eigenvalue weighted by Crippen LogP contribution is 2.02. The number of hydrogen-bond acceptors (Lipinski definition) is 2. The van der Waals surface area contributed by atoms with Gasteiger partial charge in [-0.2, -0.15) is 0 Å². The fourth-order valence-corrected chi connectivity index (χ4v) is 0.633. The summed E-state index contributed by atoms with van der Waals surface area (Å²) in [6.45, 7) is 3.49. The lowest BCUT2D eigenvalue weighted by atomic mass is 10.1. The van der Waals surface area contributed by atoms with Crippen molar-refractivity contribution in [2.45, 2.75) is 31.8 Å². The molecule has 0 amide bonds. The largest absolute Gasteiger partial charge is 0.481 e. The number of rotatable bonds is 5. The van der Waals surface area contributed by atoms with Gasteiger partial charge in [-0.1, -0.05) is 6.92 Å². The SMILES string of the molecule is [CH2]CC(O)CCCC(=O)O. The topological polar surface area (TPSA) is 57.5 Å². The summed E-state index contributed by atoms with van der Waals surface area (Å²) in [5, 5.41) is 17.1. The summed E-state index contributed by atoms with van der Waals surface area (Å²) in [4.78, 5) is 9.97. The molecule has 10 heavy (non-hydrogen) atoms. The molecule has 0 saturated heterocycles. The van der Waals surface area contributed by atoms with Crippen LogP contribution in [0.5, 0.6) is 0 Å². The molecule has 0 aliphatic carbocycles. The molecular formula is C7H13O3. The van der Waals surface area contributed by atoms with Crippen LogP contribution in [0, 0.1) is 6.92 Å². The predicted octanol–water partition coefficient (Wildman–Crippen LogP) is 0.826. The molecule has 0 heterocycles. The van der Waals surface area contributed by atoms with Crippen LogP contribution >= 0.6 is 0 Å². The van der Waals surface area contributed by atoms with Crippen LogP contribution in [0.1, 0.15) is 25.7 Å². The maximum atomic E-state index is 9.97. The summed E-state index contributed by atoms with van der Waals surface area (Å²) >= 11 is 0. The first-order chi connectivity index (χ1) is 4.66. The molecule has 59 valence electrons. The fourth-order valence-electron chi connectivity index (χ4n) is 0.633. The predicted molar refractivity (Wildman–Crippen MR) is 37.5 cm³/mol. The van der Waals surface area contributed by atoms with Crippen molar-refractivity contribution >= 4 is 5.97 Å². The minimum atomic E-state index is -0.809. The quantitative estimate of drug-likeness (QED) is 0.602. The standard InChI is InChI=1S/C7H13O3/c1-2-6(8)4-3-5-7(9)10/h6,8H,1-5H2,(H,9,10). The van der Waals surface area contributed by atoms with Crippen molar-refractivity contribution in [3.05, 3.63) is 6.92 Å². The van der Waals surface area contributed by atoms with E-state index in [4.69, 9.17) is 10.2 Å². The summed E-state index contributed by atoms with van der Waals surface area (Å²) in [5.41, 5.74) is 0. The van der Waals surface area contributed by atoms with Crippen molar-refractivity contribution in [2.75, 3.05) is 0 Å². The highest BCUT2D eigenvalue weighted by molar-refractivity contribution is 5.66. The van der Waals surface area contributed by atoms with Gasteiger partial charge in [0.15, 0.2) is 0 Å². The summed E-state index contributed by atoms with van der Waals surface area (Å²) < 4.78 is 0. The van der Waals surface area contributed by atoms with E-state index in [1.54, 1.807) is 0 Å². The van der Waals surface area contributed by atoms with E-state index in [0.717, 1.165) is 0 Å². The first-order valence-electron chi connectivity index (χ1n) is 3.36. The molecule has 3 nitrogen and oxygen atoms in total. The molecule has 2 N–H and O–H groups in total. The Hall–Kier alpha value is -0.570. The Labute approximate surface area is 60.7 Å². The minimum Gasteiger partial charge on any atom is -0.481 e. The number of aliphatic hydroxyl groups is 1. The van der Waals surface area contributed by atoms with E-state index in [9.17, 15) is 4.79 Å². The number of aliphatic hydroxyl groups excluding tert-OH is 1. The summed E-state index contributed by atoms with van der Waals surface area (Å²) in [7, 11) is 0. The molecule has 3 heteroatoms. The number of hydrogen-bond donors (Lipinski definition) is 2. The average molecular weight is 145 g/mol. The zero-order valence-electron chi connectivity index (χ0n) is 5.92. The van der Waals surface area contributed by atoms with E-state index in [-0.39, 0.29) is 6.42 Å². The number of carboxylic acid groups (broad SMARTS) is 1. The van der Waals surface area contributed by atoms with Gasteiger partial charge in [-0.3, -0.25) is 4.79 Å². The summed E-state index contributed by atoms with van der Waals surface area (Å²) in [6.07, 6.45) is 1.23. The Balaban J connectivity index is 3.11. The second kappa shape index (κ2) is 5.23. The molecule has 1 atom stereocenters. The molecule has 0 aromatic heterocycles. The van der Waals surface area contributed by atoms with E-state index >= 15 is 0 Å². The van der Waals surface area contributed by atoms with Gasteiger partial charge < -0.3 is 10.2 Å². The van der Waals surface area contributed by atoms with Crippen LogP contribution in [0.25, 0.3) is 0 Å². The maximum absolute atomic E-state index is 9.97. The zero-order chi connectivity index (χ0) is 7.98.